The molecule has 2 N–H and O–H groups in total. The molecule has 0 bridgehead atoms. The second kappa shape index (κ2) is 3.83. The van der Waals surface area contributed by atoms with Crippen molar-refractivity contribution >= 4 is 5.84 Å². The molecule has 0 radical (unpaired) electrons. The lowest BCUT2D eigenvalue weighted by atomic mass is 10.2. The highest BCUT2D eigenvalue weighted by Crippen LogP contribution is 2.17. The van der Waals surface area contributed by atoms with Gasteiger partial charge in [0.25, 0.3) is 0 Å². The number of rotatable bonds is 2. The van der Waals surface area contributed by atoms with Gasteiger partial charge < -0.3 is 9.84 Å². The van der Waals surface area contributed by atoms with Gasteiger partial charge in [-0.15, -0.1) is 0 Å². The summed E-state index contributed by atoms with van der Waals surface area (Å²) in [7, 11) is 0. The minimum absolute atomic E-state index is 0.0544. The SMILES string of the molecule is c1ccc(C2N=C(c3ccco3)NN2)cc1. The van der Waals surface area contributed by atoms with Gasteiger partial charge in [0.2, 0.25) is 0 Å². The van der Waals surface area contributed by atoms with Gasteiger partial charge in [-0.2, -0.15) is 0 Å². The summed E-state index contributed by atoms with van der Waals surface area (Å²) in [5, 5.41) is 0. The molecule has 1 aliphatic rings. The zero-order valence-electron chi connectivity index (χ0n) is 8.55. The van der Waals surface area contributed by atoms with Crippen molar-refractivity contribution in [3.8, 4) is 0 Å². The fraction of sp³-hybridized carbons (Fsp3) is 0.0833. The number of nitrogens with one attached hydrogen (secondary N) is 2. The van der Waals surface area contributed by atoms with Crippen molar-refractivity contribution < 1.29 is 4.42 Å². The number of furan rings is 1. The minimum Gasteiger partial charge on any atom is -0.461 e. The maximum absolute atomic E-state index is 5.27. The minimum atomic E-state index is -0.0544. The van der Waals surface area contributed by atoms with Crippen LogP contribution in [0, 0.1) is 0 Å². The van der Waals surface area contributed by atoms with E-state index < -0.39 is 0 Å². The van der Waals surface area contributed by atoms with E-state index in [9.17, 15) is 0 Å². The van der Waals surface area contributed by atoms with E-state index in [1.54, 1.807) is 6.26 Å². The molecule has 2 aromatic rings. The topological polar surface area (TPSA) is 49.6 Å². The van der Waals surface area contributed by atoms with E-state index in [1.165, 1.54) is 0 Å². The van der Waals surface area contributed by atoms with Crippen molar-refractivity contribution in [1.29, 1.82) is 0 Å². The van der Waals surface area contributed by atoms with E-state index >= 15 is 0 Å². The van der Waals surface area contributed by atoms with Crippen LogP contribution in [0.5, 0.6) is 0 Å². The molecule has 0 aliphatic carbocycles. The Labute approximate surface area is 93.0 Å². The summed E-state index contributed by atoms with van der Waals surface area (Å²) in [6.45, 7) is 0. The zero-order valence-corrected chi connectivity index (χ0v) is 8.55. The van der Waals surface area contributed by atoms with Crippen molar-refractivity contribution in [2.24, 2.45) is 4.99 Å². The fourth-order valence-electron chi connectivity index (χ4n) is 1.66. The number of benzene rings is 1. The predicted octanol–water partition coefficient (Wildman–Crippen LogP) is 1.83. The molecule has 4 nitrogen and oxygen atoms in total. The third-order valence-corrected chi connectivity index (χ3v) is 2.46. The van der Waals surface area contributed by atoms with E-state index in [4.69, 9.17) is 4.42 Å². The van der Waals surface area contributed by atoms with E-state index in [0.717, 1.165) is 17.2 Å². The summed E-state index contributed by atoms with van der Waals surface area (Å²) in [5.74, 6) is 1.48. The molecule has 0 spiro atoms. The third kappa shape index (κ3) is 1.59. The van der Waals surface area contributed by atoms with Crippen LogP contribution in [0.25, 0.3) is 0 Å². The van der Waals surface area contributed by atoms with Gasteiger partial charge in [0.05, 0.1) is 6.26 Å². The normalized spacial score (nSPS) is 19.2. The number of hydrazine groups is 1. The van der Waals surface area contributed by atoms with Gasteiger partial charge in [-0.05, 0) is 17.7 Å². The van der Waals surface area contributed by atoms with Crippen molar-refractivity contribution in [1.82, 2.24) is 10.9 Å². The van der Waals surface area contributed by atoms with Crippen LogP contribution in [-0.2, 0) is 0 Å². The maximum Gasteiger partial charge on any atom is 0.181 e. The molecule has 1 atom stereocenters. The van der Waals surface area contributed by atoms with E-state index in [0.29, 0.717) is 0 Å². The molecule has 0 saturated heterocycles. The second-order valence-corrected chi connectivity index (χ2v) is 3.54. The summed E-state index contributed by atoms with van der Waals surface area (Å²) in [6, 6.07) is 13.8. The monoisotopic (exact) mass is 213 g/mol. The van der Waals surface area contributed by atoms with Crippen molar-refractivity contribution in [3.05, 3.63) is 60.1 Å². The van der Waals surface area contributed by atoms with Crippen LogP contribution in [0.15, 0.2) is 58.1 Å². The number of amidine groups is 1. The lowest BCUT2D eigenvalue weighted by Crippen LogP contribution is -2.31. The Hall–Kier alpha value is -2.07. The van der Waals surface area contributed by atoms with Crippen LogP contribution in [-0.4, -0.2) is 5.84 Å². The van der Waals surface area contributed by atoms with Crippen LogP contribution < -0.4 is 10.9 Å². The number of hydrogen-bond donors (Lipinski definition) is 2. The average molecular weight is 213 g/mol. The molecule has 1 aromatic heterocycles. The van der Waals surface area contributed by atoms with E-state index in [-0.39, 0.29) is 6.17 Å². The van der Waals surface area contributed by atoms with E-state index in [2.05, 4.69) is 15.8 Å². The lowest BCUT2D eigenvalue weighted by Gasteiger charge is -2.06. The van der Waals surface area contributed by atoms with E-state index in [1.807, 2.05) is 42.5 Å². The first-order valence-electron chi connectivity index (χ1n) is 5.12. The summed E-state index contributed by atoms with van der Waals surface area (Å²) in [6.07, 6.45) is 1.58. The molecule has 1 aromatic carbocycles. The third-order valence-electron chi connectivity index (χ3n) is 2.46. The molecular weight excluding hydrogens is 202 g/mol. The summed E-state index contributed by atoms with van der Waals surface area (Å²) < 4.78 is 5.27. The molecule has 1 aliphatic heterocycles. The summed E-state index contributed by atoms with van der Waals surface area (Å²) >= 11 is 0. The number of aliphatic imine (C=N–C) groups is 1. The molecule has 16 heavy (non-hydrogen) atoms. The predicted molar refractivity (Wildman–Crippen MR) is 60.7 cm³/mol. The molecule has 3 rings (SSSR count). The maximum atomic E-state index is 5.27. The van der Waals surface area contributed by atoms with Gasteiger partial charge >= 0.3 is 0 Å². The molecule has 4 heteroatoms. The molecule has 0 amide bonds. The summed E-state index contributed by atoms with van der Waals surface area (Å²) in [5.41, 5.74) is 7.23. The fourth-order valence-corrected chi connectivity index (χ4v) is 1.66. The highest BCUT2D eigenvalue weighted by Gasteiger charge is 2.19. The Kier molecular flexibility index (Phi) is 2.19. The van der Waals surface area contributed by atoms with Crippen LogP contribution in [0.2, 0.25) is 0 Å². The quantitative estimate of drug-likeness (QED) is 0.800. The van der Waals surface area contributed by atoms with Crippen LogP contribution >= 0.6 is 0 Å². The van der Waals surface area contributed by atoms with Crippen LogP contribution in [0.4, 0.5) is 0 Å². The van der Waals surface area contributed by atoms with Gasteiger partial charge in [0, 0.05) is 0 Å². The Morgan fingerprint density at radius 1 is 1.06 bits per heavy atom. The Bertz CT molecular complexity index is 490. The second-order valence-electron chi connectivity index (χ2n) is 3.54. The van der Waals surface area contributed by atoms with Crippen LogP contribution in [0.1, 0.15) is 17.5 Å². The lowest BCUT2D eigenvalue weighted by molar-refractivity contribution is 0.548. The van der Waals surface area contributed by atoms with Gasteiger partial charge in [0.1, 0.15) is 6.17 Å². The highest BCUT2D eigenvalue weighted by molar-refractivity contribution is 5.97. The molecule has 1 unspecified atom stereocenters. The standard InChI is InChI=1S/C12H11N3O/c1-2-5-9(6-3-1)11-13-12(15-14-11)10-7-4-8-16-10/h1-8,11,14H,(H,13,15). The number of hydrogen-bond acceptors (Lipinski definition) is 4. The smallest absolute Gasteiger partial charge is 0.181 e. The summed E-state index contributed by atoms with van der Waals surface area (Å²) in [4.78, 5) is 4.50. The van der Waals surface area contributed by atoms with Gasteiger partial charge in [-0.1, -0.05) is 30.3 Å². The Morgan fingerprint density at radius 2 is 1.94 bits per heavy atom. The average Bonchev–Trinajstić information content (AvgIpc) is 3.01. The highest BCUT2D eigenvalue weighted by atomic mass is 16.3. The van der Waals surface area contributed by atoms with Crippen LogP contribution in [0.3, 0.4) is 0 Å². The Morgan fingerprint density at radius 3 is 2.69 bits per heavy atom. The molecule has 80 valence electrons. The van der Waals surface area contributed by atoms with Crippen molar-refractivity contribution in [3.63, 3.8) is 0 Å². The first-order valence-corrected chi connectivity index (χ1v) is 5.12. The zero-order chi connectivity index (χ0) is 10.8. The van der Waals surface area contributed by atoms with Gasteiger partial charge in [-0.25, -0.2) is 10.4 Å². The number of nitrogens with zero attached hydrogens (tertiary/aromatic N) is 1. The molecule has 0 fully saturated rings. The first-order chi connectivity index (χ1) is 7.93. The first kappa shape index (κ1) is 9.18. The van der Waals surface area contributed by atoms with Gasteiger partial charge in [-0.3, -0.25) is 0 Å². The molecular formula is C12H11N3O. The molecule has 2 heterocycles. The van der Waals surface area contributed by atoms with Gasteiger partial charge in [0.15, 0.2) is 11.6 Å². The van der Waals surface area contributed by atoms with Crippen molar-refractivity contribution in [2.75, 3.05) is 0 Å². The largest absolute Gasteiger partial charge is 0.461 e. The van der Waals surface area contributed by atoms with Crippen molar-refractivity contribution in [2.45, 2.75) is 6.17 Å². The molecule has 0 saturated carbocycles. The Balaban J connectivity index is 1.87.